The fourth-order valence-electron chi connectivity index (χ4n) is 3.93. The van der Waals surface area contributed by atoms with Crippen LogP contribution in [0.1, 0.15) is 46.2 Å². The van der Waals surface area contributed by atoms with Gasteiger partial charge in [0.25, 0.3) is 0 Å². The summed E-state index contributed by atoms with van der Waals surface area (Å²) in [5, 5.41) is 25.9. The first kappa shape index (κ1) is 18.4. The maximum atomic E-state index is 11.5. The number of aliphatic hydroxyl groups is 1. The molecule has 4 rings (SSSR count). The van der Waals surface area contributed by atoms with Crippen LogP contribution in [0.4, 0.5) is 0 Å². The predicted octanol–water partition coefficient (Wildman–Crippen LogP) is 3.60. The second-order valence-electron chi connectivity index (χ2n) is 7.15. The molecule has 0 aliphatic carbocycles. The summed E-state index contributed by atoms with van der Waals surface area (Å²) in [6.45, 7) is 1.79. The lowest BCUT2D eigenvalue weighted by molar-refractivity contribution is 0.0697. The van der Waals surface area contributed by atoms with Crippen LogP contribution in [0.3, 0.4) is 0 Å². The monoisotopic (exact) mass is 377 g/mol. The summed E-state index contributed by atoms with van der Waals surface area (Å²) in [6, 6.07) is 17.4. The first-order valence-corrected chi connectivity index (χ1v) is 9.46. The minimum Gasteiger partial charge on any atom is -0.478 e. The molecule has 1 unspecified atom stereocenters. The van der Waals surface area contributed by atoms with E-state index in [0.717, 1.165) is 48.4 Å². The van der Waals surface area contributed by atoms with Crippen LogP contribution >= 0.6 is 0 Å². The van der Waals surface area contributed by atoms with Crippen molar-refractivity contribution < 1.29 is 15.0 Å². The van der Waals surface area contributed by atoms with E-state index in [4.69, 9.17) is 0 Å². The molecule has 6 nitrogen and oxygen atoms in total. The average molecular weight is 377 g/mol. The topological polar surface area (TPSA) is 89.5 Å². The smallest absolute Gasteiger partial charge is 0.336 e. The van der Waals surface area contributed by atoms with Crippen molar-refractivity contribution in [2.45, 2.75) is 32.0 Å². The number of nitrogens with one attached hydrogen (secondary N) is 1. The third-order valence-electron chi connectivity index (χ3n) is 5.33. The highest BCUT2D eigenvalue weighted by atomic mass is 16.4. The van der Waals surface area contributed by atoms with Crippen molar-refractivity contribution in [3.8, 4) is 11.1 Å². The van der Waals surface area contributed by atoms with Crippen LogP contribution in [-0.4, -0.2) is 37.8 Å². The van der Waals surface area contributed by atoms with Gasteiger partial charge in [0, 0.05) is 6.54 Å². The van der Waals surface area contributed by atoms with E-state index in [-0.39, 0.29) is 12.6 Å². The number of aromatic carboxylic acids is 1. The molecule has 3 N–H and O–H groups in total. The van der Waals surface area contributed by atoms with Gasteiger partial charge in [-0.2, -0.15) is 5.10 Å². The molecule has 28 heavy (non-hydrogen) atoms. The van der Waals surface area contributed by atoms with Gasteiger partial charge in [-0.15, -0.1) is 0 Å². The van der Waals surface area contributed by atoms with Crippen LogP contribution < -0.4 is 0 Å². The zero-order valence-corrected chi connectivity index (χ0v) is 15.5. The Hall–Kier alpha value is -2.96. The summed E-state index contributed by atoms with van der Waals surface area (Å²) in [6.07, 6.45) is 2.18. The summed E-state index contributed by atoms with van der Waals surface area (Å²) in [5.41, 5.74) is 4.85. The Morgan fingerprint density at radius 3 is 2.68 bits per heavy atom. The van der Waals surface area contributed by atoms with Gasteiger partial charge in [0.05, 0.1) is 29.6 Å². The lowest BCUT2D eigenvalue weighted by Gasteiger charge is -2.23. The Balaban J connectivity index is 1.51. The maximum absolute atomic E-state index is 11.5. The largest absolute Gasteiger partial charge is 0.478 e. The number of carboxylic acid groups (broad SMARTS) is 1. The number of hydrogen-bond donors (Lipinski definition) is 3. The lowest BCUT2D eigenvalue weighted by atomic mass is 9.98. The van der Waals surface area contributed by atoms with Crippen molar-refractivity contribution >= 4 is 5.97 Å². The molecule has 0 bridgehead atoms. The van der Waals surface area contributed by atoms with Crippen LogP contribution in [0.2, 0.25) is 0 Å². The molecule has 1 aliphatic rings. The van der Waals surface area contributed by atoms with E-state index in [1.807, 2.05) is 30.3 Å². The van der Waals surface area contributed by atoms with E-state index in [1.54, 1.807) is 12.1 Å². The quantitative estimate of drug-likeness (QED) is 0.611. The first-order valence-electron chi connectivity index (χ1n) is 9.46. The number of benzene rings is 2. The minimum atomic E-state index is -0.916. The molecule has 2 aromatic carbocycles. The van der Waals surface area contributed by atoms with Gasteiger partial charge >= 0.3 is 5.97 Å². The molecular weight excluding hydrogens is 354 g/mol. The Bertz CT molecular complexity index is 965. The minimum absolute atomic E-state index is 0.0288. The fraction of sp³-hybridized carbons (Fsp3) is 0.273. The summed E-state index contributed by atoms with van der Waals surface area (Å²) in [4.78, 5) is 13.9. The molecule has 0 saturated carbocycles. The van der Waals surface area contributed by atoms with Crippen molar-refractivity contribution in [2.75, 3.05) is 6.54 Å². The van der Waals surface area contributed by atoms with Gasteiger partial charge < -0.3 is 10.2 Å². The van der Waals surface area contributed by atoms with E-state index < -0.39 is 5.97 Å². The van der Waals surface area contributed by atoms with Gasteiger partial charge in [0.1, 0.15) is 0 Å². The molecule has 1 fully saturated rings. The number of hydrogen-bond acceptors (Lipinski definition) is 4. The molecule has 0 spiro atoms. The van der Waals surface area contributed by atoms with Gasteiger partial charge in [-0.3, -0.25) is 10.00 Å². The molecule has 0 amide bonds. The highest BCUT2D eigenvalue weighted by molar-refractivity contribution is 5.95. The molecule has 1 aromatic heterocycles. The van der Waals surface area contributed by atoms with Gasteiger partial charge in [-0.25, -0.2) is 4.79 Å². The summed E-state index contributed by atoms with van der Waals surface area (Å²) >= 11 is 0. The zero-order chi connectivity index (χ0) is 19.5. The molecule has 2 heterocycles. The van der Waals surface area contributed by atoms with Crippen LogP contribution in [0.15, 0.2) is 54.6 Å². The number of H-pyrrole nitrogens is 1. The molecule has 1 saturated heterocycles. The van der Waals surface area contributed by atoms with Gasteiger partial charge in [-0.05, 0) is 48.2 Å². The van der Waals surface area contributed by atoms with E-state index in [2.05, 4.69) is 27.2 Å². The second-order valence-corrected chi connectivity index (χ2v) is 7.15. The fourth-order valence-corrected chi connectivity index (χ4v) is 3.93. The Labute approximate surface area is 163 Å². The third kappa shape index (κ3) is 3.69. The van der Waals surface area contributed by atoms with Gasteiger partial charge in [0.15, 0.2) is 0 Å². The van der Waals surface area contributed by atoms with Crippen molar-refractivity contribution in [1.82, 2.24) is 15.1 Å². The van der Waals surface area contributed by atoms with E-state index in [9.17, 15) is 15.0 Å². The molecule has 1 atom stereocenters. The molecule has 144 valence electrons. The normalized spacial score (nSPS) is 17.1. The number of likely N-dealkylation sites (tertiary alicyclic amines) is 1. The van der Waals surface area contributed by atoms with Gasteiger partial charge in [-0.1, -0.05) is 42.5 Å². The highest BCUT2D eigenvalue weighted by Crippen LogP contribution is 2.33. The van der Waals surface area contributed by atoms with Crippen LogP contribution in [0.25, 0.3) is 11.1 Å². The first-order chi connectivity index (χ1) is 13.7. The molecule has 0 radical (unpaired) electrons. The number of aromatic amines is 1. The van der Waals surface area contributed by atoms with Crippen molar-refractivity contribution in [3.63, 3.8) is 0 Å². The van der Waals surface area contributed by atoms with Crippen LogP contribution in [0.5, 0.6) is 0 Å². The number of aromatic nitrogens is 2. The number of nitrogens with zero attached hydrogens (tertiary/aromatic N) is 2. The van der Waals surface area contributed by atoms with Crippen molar-refractivity contribution in [1.29, 1.82) is 0 Å². The van der Waals surface area contributed by atoms with Crippen LogP contribution in [-0.2, 0) is 13.2 Å². The van der Waals surface area contributed by atoms with Gasteiger partial charge in [0.2, 0.25) is 0 Å². The highest BCUT2D eigenvalue weighted by Gasteiger charge is 2.28. The number of carboxylic acids is 1. The van der Waals surface area contributed by atoms with Crippen molar-refractivity contribution in [2.24, 2.45) is 0 Å². The Morgan fingerprint density at radius 1 is 1.18 bits per heavy atom. The number of rotatable bonds is 6. The summed E-state index contributed by atoms with van der Waals surface area (Å²) in [7, 11) is 0. The Morgan fingerprint density at radius 2 is 1.96 bits per heavy atom. The average Bonchev–Trinajstić information content (AvgIpc) is 3.37. The Kier molecular flexibility index (Phi) is 5.23. The third-order valence-corrected chi connectivity index (χ3v) is 5.33. The SMILES string of the molecule is O=C(O)c1ccccc1-c1ccc(CN2CCCC2c2cc(CO)[nH]n2)cc1. The molecule has 6 heteroatoms. The summed E-state index contributed by atoms with van der Waals surface area (Å²) in [5.74, 6) is -0.916. The van der Waals surface area contributed by atoms with Crippen molar-refractivity contribution in [3.05, 3.63) is 77.1 Å². The molecule has 1 aliphatic heterocycles. The predicted molar refractivity (Wildman–Crippen MR) is 106 cm³/mol. The zero-order valence-electron chi connectivity index (χ0n) is 15.5. The second kappa shape index (κ2) is 7.96. The molecular formula is C22H23N3O3. The summed E-state index contributed by atoms with van der Waals surface area (Å²) < 4.78 is 0. The lowest BCUT2D eigenvalue weighted by Crippen LogP contribution is -2.23. The van der Waals surface area contributed by atoms with E-state index >= 15 is 0 Å². The standard InChI is InChI=1S/C22H23N3O3/c26-14-17-12-20(24-23-17)21-6-3-11-25(21)13-15-7-9-16(10-8-15)18-4-1-2-5-19(18)22(27)28/h1-2,4-5,7-10,12,21,26H,3,6,11,13-14H2,(H,23,24)(H,27,28). The number of aliphatic hydroxyl groups excluding tert-OH is 1. The molecule has 3 aromatic rings. The van der Waals surface area contributed by atoms with Crippen LogP contribution in [0, 0.1) is 0 Å². The maximum Gasteiger partial charge on any atom is 0.336 e. The van der Waals surface area contributed by atoms with E-state index in [1.165, 1.54) is 5.56 Å². The number of carbonyl (C=O) groups is 1. The van der Waals surface area contributed by atoms with E-state index in [0.29, 0.717) is 5.56 Å².